The molecule has 0 N–H and O–H groups in total. The van der Waals surface area contributed by atoms with Gasteiger partial charge in [-0.15, -0.1) is 0 Å². The van der Waals surface area contributed by atoms with Crippen molar-refractivity contribution in [2.45, 2.75) is 18.9 Å². The fourth-order valence-corrected chi connectivity index (χ4v) is 0.260. The Hall–Kier alpha value is -0.710. The van der Waals surface area contributed by atoms with Gasteiger partial charge in [0.1, 0.15) is 6.10 Å². The number of nitrogens with zero attached hydrogens (tertiary/aromatic N) is 1. The van der Waals surface area contributed by atoms with Gasteiger partial charge >= 0.3 is 0 Å². The average molecular weight is 83.1 g/mol. The van der Waals surface area contributed by atoms with E-state index < -0.39 is 0 Å². The van der Waals surface area contributed by atoms with Crippen LogP contribution in [0.5, 0.6) is 0 Å². The topological polar surface area (TPSA) is 33.0 Å². The molecule has 0 bridgehead atoms. The minimum absolute atomic E-state index is 0.287. The Morgan fingerprint density at radius 1 is 1.67 bits per heavy atom. The lowest BCUT2D eigenvalue weighted by Gasteiger charge is -1.80. The smallest absolute Gasteiger partial charge is 0.286 e. The van der Waals surface area contributed by atoms with Crippen LogP contribution in [0.3, 0.4) is 0 Å². The number of rotatable bonds is 1. The van der Waals surface area contributed by atoms with E-state index in [1.807, 2.05) is 0 Å². The molecule has 1 fully saturated rings. The zero-order valence-electron chi connectivity index (χ0n) is 3.35. The molecule has 0 heterocycles. The maximum atomic E-state index is 7.80. The standard InChI is InChI=1S/C4H5NO/c5-3-6-4-1-2-4/h4H,1-2H2. The molecule has 2 nitrogen and oxygen atoms in total. The molecule has 1 aliphatic rings. The lowest BCUT2D eigenvalue weighted by Crippen LogP contribution is -1.79. The molecule has 0 aromatic rings. The maximum absolute atomic E-state index is 7.80. The van der Waals surface area contributed by atoms with Crippen LogP contribution in [0.25, 0.3) is 0 Å². The summed E-state index contributed by atoms with van der Waals surface area (Å²) in [6, 6.07) is 0. The summed E-state index contributed by atoms with van der Waals surface area (Å²) in [6.45, 7) is 0. The molecule has 2 heteroatoms. The molecule has 0 aromatic heterocycles. The summed E-state index contributed by atoms with van der Waals surface area (Å²) in [4.78, 5) is 0. The third-order valence-electron chi connectivity index (χ3n) is 0.744. The van der Waals surface area contributed by atoms with E-state index in [0.717, 1.165) is 12.8 Å². The van der Waals surface area contributed by atoms with E-state index in [2.05, 4.69) is 4.74 Å². The summed E-state index contributed by atoms with van der Waals surface area (Å²) >= 11 is 0. The highest BCUT2D eigenvalue weighted by molar-refractivity contribution is 4.76. The second-order valence-electron chi connectivity index (χ2n) is 1.41. The molecule has 0 spiro atoms. The van der Waals surface area contributed by atoms with Crippen molar-refractivity contribution in [3.8, 4) is 6.26 Å². The molecule has 0 radical (unpaired) electrons. The molecule has 1 aliphatic carbocycles. The highest BCUT2D eigenvalue weighted by Crippen LogP contribution is 2.22. The molecule has 1 rings (SSSR count). The van der Waals surface area contributed by atoms with E-state index in [1.54, 1.807) is 6.26 Å². The molecule has 0 atom stereocenters. The summed E-state index contributed by atoms with van der Waals surface area (Å²) in [5.41, 5.74) is 0. The van der Waals surface area contributed by atoms with Gasteiger partial charge in [0.25, 0.3) is 6.26 Å². The second kappa shape index (κ2) is 1.17. The monoisotopic (exact) mass is 83.0 g/mol. The average Bonchev–Trinajstić information content (AvgIpc) is 2.21. The van der Waals surface area contributed by atoms with E-state index in [-0.39, 0.29) is 6.10 Å². The Labute approximate surface area is 36.3 Å². The summed E-state index contributed by atoms with van der Waals surface area (Å²) < 4.78 is 4.46. The minimum atomic E-state index is 0.287. The van der Waals surface area contributed by atoms with Gasteiger partial charge in [0.15, 0.2) is 0 Å². The third kappa shape index (κ3) is 0.617. The van der Waals surface area contributed by atoms with Crippen LogP contribution < -0.4 is 0 Å². The molecule has 0 saturated heterocycles. The van der Waals surface area contributed by atoms with Crippen molar-refractivity contribution in [2.75, 3.05) is 0 Å². The van der Waals surface area contributed by atoms with Crippen molar-refractivity contribution in [3.05, 3.63) is 0 Å². The molecule has 0 aromatic carbocycles. The first-order chi connectivity index (χ1) is 2.93. The van der Waals surface area contributed by atoms with Crippen molar-refractivity contribution < 1.29 is 4.74 Å². The van der Waals surface area contributed by atoms with E-state index in [9.17, 15) is 0 Å². The first-order valence-electron chi connectivity index (χ1n) is 1.98. The Bertz CT molecular complexity index is 80.0. The predicted octanol–water partition coefficient (Wildman–Crippen LogP) is 0.646. The van der Waals surface area contributed by atoms with Gasteiger partial charge in [-0.1, -0.05) is 0 Å². The lowest BCUT2D eigenvalue weighted by atomic mass is 10.8. The normalized spacial score (nSPS) is 19.2. The van der Waals surface area contributed by atoms with Gasteiger partial charge in [-0.3, -0.25) is 0 Å². The van der Waals surface area contributed by atoms with Gasteiger partial charge < -0.3 is 4.74 Å². The fraction of sp³-hybridized carbons (Fsp3) is 0.750. The van der Waals surface area contributed by atoms with E-state index in [0.29, 0.717) is 0 Å². The third-order valence-corrected chi connectivity index (χ3v) is 0.744. The maximum Gasteiger partial charge on any atom is 0.286 e. The van der Waals surface area contributed by atoms with Crippen LogP contribution in [-0.2, 0) is 4.74 Å². The van der Waals surface area contributed by atoms with Crippen molar-refractivity contribution in [2.24, 2.45) is 0 Å². The van der Waals surface area contributed by atoms with Gasteiger partial charge in [-0.25, -0.2) is 0 Å². The SMILES string of the molecule is N#COC1CC1. The summed E-state index contributed by atoms with van der Waals surface area (Å²) in [5, 5.41) is 7.80. The molecular weight excluding hydrogens is 78.0 g/mol. The molecular formula is C4H5NO. The van der Waals surface area contributed by atoms with Crippen LogP contribution in [0.15, 0.2) is 0 Å². The lowest BCUT2D eigenvalue weighted by molar-refractivity contribution is 0.255. The van der Waals surface area contributed by atoms with Crippen LogP contribution in [0.2, 0.25) is 0 Å². The van der Waals surface area contributed by atoms with Crippen molar-refractivity contribution in [1.82, 2.24) is 0 Å². The van der Waals surface area contributed by atoms with Crippen molar-refractivity contribution >= 4 is 0 Å². The van der Waals surface area contributed by atoms with Crippen LogP contribution in [-0.4, -0.2) is 6.10 Å². The first-order valence-corrected chi connectivity index (χ1v) is 1.98. The van der Waals surface area contributed by atoms with Gasteiger partial charge in [-0.2, -0.15) is 5.26 Å². The van der Waals surface area contributed by atoms with Gasteiger partial charge in [0.05, 0.1) is 0 Å². The molecule has 0 aliphatic heterocycles. The molecule has 6 heavy (non-hydrogen) atoms. The Morgan fingerprint density at radius 2 is 2.33 bits per heavy atom. The van der Waals surface area contributed by atoms with Crippen LogP contribution in [0, 0.1) is 11.5 Å². The second-order valence-corrected chi connectivity index (χ2v) is 1.41. The summed E-state index contributed by atoms with van der Waals surface area (Å²) in [6.07, 6.45) is 4.07. The Morgan fingerprint density at radius 3 is 2.50 bits per heavy atom. The number of hydrogen-bond acceptors (Lipinski definition) is 2. The van der Waals surface area contributed by atoms with Crippen LogP contribution in [0.1, 0.15) is 12.8 Å². The summed E-state index contributed by atoms with van der Waals surface area (Å²) in [5.74, 6) is 0. The minimum Gasteiger partial charge on any atom is -0.424 e. The van der Waals surface area contributed by atoms with Gasteiger partial charge in [0, 0.05) is 0 Å². The first kappa shape index (κ1) is 3.48. The Kier molecular flexibility index (Phi) is 0.681. The highest BCUT2D eigenvalue weighted by atomic mass is 16.5. The Balaban J connectivity index is 2.05. The fourth-order valence-electron chi connectivity index (χ4n) is 0.260. The zero-order valence-corrected chi connectivity index (χ0v) is 3.35. The van der Waals surface area contributed by atoms with Crippen LogP contribution >= 0.6 is 0 Å². The van der Waals surface area contributed by atoms with Crippen LogP contribution in [0.4, 0.5) is 0 Å². The van der Waals surface area contributed by atoms with Gasteiger partial charge in [0.2, 0.25) is 0 Å². The van der Waals surface area contributed by atoms with Crippen molar-refractivity contribution in [1.29, 1.82) is 5.26 Å². The largest absolute Gasteiger partial charge is 0.424 e. The quantitative estimate of drug-likeness (QED) is 0.436. The van der Waals surface area contributed by atoms with Gasteiger partial charge in [-0.05, 0) is 12.8 Å². The molecule has 1 saturated carbocycles. The molecule has 0 unspecified atom stereocenters. The highest BCUT2D eigenvalue weighted by Gasteiger charge is 2.22. The van der Waals surface area contributed by atoms with E-state index in [1.165, 1.54) is 0 Å². The predicted molar refractivity (Wildman–Crippen MR) is 19.7 cm³/mol. The number of hydrogen-bond donors (Lipinski definition) is 0. The van der Waals surface area contributed by atoms with E-state index in [4.69, 9.17) is 5.26 Å². The zero-order chi connectivity index (χ0) is 4.41. The van der Waals surface area contributed by atoms with E-state index >= 15 is 0 Å². The molecule has 32 valence electrons. The number of nitriles is 1. The molecule has 0 amide bonds. The van der Waals surface area contributed by atoms with Crippen molar-refractivity contribution in [3.63, 3.8) is 0 Å². The summed E-state index contributed by atoms with van der Waals surface area (Å²) in [7, 11) is 0. The number of ether oxygens (including phenoxy) is 1.